The van der Waals surface area contributed by atoms with Crippen LogP contribution in [0.2, 0.25) is 0 Å². The van der Waals surface area contributed by atoms with Crippen molar-refractivity contribution in [3.63, 3.8) is 0 Å². The molecule has 0 radical (unpaired) electrons. The zero-order valence-electron chi connectivity index (χ0n) is 12.9. The molecule has 2 amide bonds. The Bertz CT molecular complexity index is 792. The fourth-order valence-corrected chi connectivity index (χ4v) is 1.79. The Kier molecular flexibility index (Phi) is 5.64. The molecule has 0 atom stereocenters. The third kappa shape index (κ3) is 4.96. The third-order valence-corrected chi connectivity index (χ3v) is 2.87. The maximum atomic E-state index is 12.1. The molecule has 0 saturated heterocycles. The molecule has 0 aliphatic carbocycles. The maximum Gasteiger partial charge on any atom is 0.267 e. The molecule has 2 rings (SSSR count). The van der Waals surface area contributed by atoms with E-state index in [9.17, 15) is 9.59 Å². The highest BCUT2D eigenvalue weighted by Gasteiger charge is 2.09. The fourth-order valence-electron chi connectivity index (χ4n) is 1.79. The highest BCUT2D eigenvalue weighted by Crippen LogP contribution is 2.14. The molecule has 0 aliphatic heterocycles. The summed E-state index contributed by atoms with van der Waals surface area (Å²) in [6, 6.07) is 11.9. The molecule has 7 heteroatoms. The average molecular weight is 321 g/mol. The molecular formula is C17H15N5O2. The monoisotopic (exact) mass is 321 g/mol. The molecule has 7 nitrogen and oxygen atoms in total. The number of hydrogen-bond acceptors (Lipinski definition) is 5. The Morgan fingerprint density at radius 3 is 2.29 bits per heavy atom. The SMILES string of the molecule is CC(=O)Nc1ccc(NC(=O)/C(C#N)=C\Nc2cccnc2)cc1. The van der Waals surface area contributed by atoms with Gasteiger partial charge in [0.15, 0.2) is 0 Å². The summed E-state index contributed by atoms with van der Waals surface area (Å²) >= 11 is 0. The van der Waals surface area contributed by atoms with Crippen LogP contribution in [0.15, 0.2) is 60.6 Å². The van der Waals surface area contributed by atoms with Gasteiger partial charge in [-0.3, -0.25) is 14.6 Å². The van der Waals surface area contributed by atoms with Gasteiger partial charge in [0.25, 0.3) is 5.91 Å². The molecule has 2 aromatic rings. The summed E-state index contributed by atoms with van der Waals surface area (Å²) in [6.45, 7) is 1.41. The second-order valence-electron chi connectivity index (χ2n) is 4.77. The van der Waals surface area contributed by atoms with Crippen LogP contribution in [0.3, 0.4) is 0 Å². The molecule has 24 heavy (non-hydrogen) atoms. The quantitative estimate of drug-likeness (QED) is 0.579. The van der Waals surface area contributed by atoms with E-state index in [0.29, 0.717) is 17.1 Å². The van der Waals surface area contributed by atoms with Crippen molar-refractivity contribution in [2.45, 2.75) is 6.92 Å². The fraction of sp³-hybridized carbons (Fsp3) is 0.0588. The lowest BCUT2D eigenvalue weighted by Crippen LogP contribution is -2.14. The van der Waals surface area contributed by atoms with Crippen molar-refractivity contribution in [3.8, 4) is 6.07 Å². The minimum absolute atomic E-state index is 0.0789. The smallest absolute Gasteiger partial charge is 0.267 e. The van der Waals surface area contributed by atoms with Crippen molar-refractivity contribution in [2.24, 2.45) is 0 Å². The molecule has 0 spiro atoms. The van der Waals surface area contributed by atoms with Crippen molar-refractivity contribution in [1.82, 2.24) is 4.98 Å². The Labute approximate surface area is 139 Å². The van der Waals surface area contributed by atoms with E-state index in [1.54, 1.807) is 48.8 Å². The molecular weight excluding hydrogens is 306 g/mol. The van der Waals surface area contributed by atoms with Crippen molar-refractivity contribution >= 4 is 28.9 Å². The van der Waals surface area contributed by atoms with Gasteiger partial charge in [-0.1, -0.05) is 0 Å². The van der Waals surface area contributed by atoms with Crippen LogP contribution in [0.4, 0.5) is 17.1 Å². The Morgan fingerprint density at radius 1 is 1.08 bits per heavy atom. The first kappa shape index (κ1) is 16.7. The van der Waals surface area contributed by atoms with Gasteiger partial charge in [-0.2, -0.15) is 5.26 Å². The molecule has 0 aliphatic rings. The second kappa shape index (κ2) is 8.10. The van der Waals surface area contributed by atoms with Crippen molar-refractivity contribution in [2.75, 3.05) is 16.0 Å². The zero-order chi connectivity index (χ0) is 17.4. The largest absolute Gasteiger partial charge is 0.359 e. The van der Waals surface area contributed by atoms with Gasteiger partial charge in [-0.25, -0.2) is 0 Å². The van der Waals surface area contributed by atoms with Gasteiger partial charge in [-0.05, 0) is 36.4 Å². The van der Waals surface area contributed by atoms with Gasteiger partial charge in [0, 0.05) is 30.7 Å². The molecule has 1 heterocycles. The van der Waals surface area contributed by atoms with Crippen molar-refractivity contribution in [3.05, 3.63) is 60.6 Å². The summed E-state index contributed by atoms with van der Waals surface area (Å²) in [5, 5.41) is 17.2. The lowest BCUT2D eigenvalue weighted by Gasteiger charge is -2.07. The molecule has 0 unspecified atom stereocenters. The van der Waals surface area contributed by atoms with Gasteiger partial charge >= 0.3 is 0 Å². The molecule has 1 aromatic carbocycles. The van der Waals surface area contributed by atoms with Crippen LogP contribution in [-0.4, -0.2) is 16.8 Å². The molecule has 0 saturated carbocycles. The van der Waals surface area contributed by atoms with Crippen LogP contribution in [0.25, 0.3) is 0 Å². The number of hydrogen-bond donors (Lipinski definition) is 3. The lowest BCUT2D eigenvalue weighted by molar-refractivity contribution is -0.114. The zero-order valence-corrected chi connectivity index (χ0v) is 12.9. The van der Waals surface area contributed by atoms with Gasteiger partial charge in [0.2, 0.25) is 5.91 Å². The Balaban J connectivity index is 2.01. The van der Waals surface area contributed by atoms with Crippen molar-refractivity contribution in [1.29, 1.82) is 5.26 Å². The normalized spacial score (nSPS) is 10.4. The summed E-state index contributed by atoms with van der Waals surface area (Å²) in [5.74, 6) is -0.718. The average Bonchev–Trinajstić information content (AvgIpc) is 2.58. The highest BCUT2D eigenvalue weighted by molar-refractivity contribution is 6.06. The molecule has 0 fully saturated rings. The van der Waals surface area contributed by atoms with E-state index in [-0.39, 0.29) is 11.5 Å². The maximum absolute atomic E-state index is 12.1. The van der Waals surface area contributed by atoms with Crippen LogP contribution in [0.1, 0.15) is 6.92 Å². The number of amides is 2. The van der Waals surface area contributed by atoms with E-state index in [1.165, 1.54) is 13.1 Å². The van der Waals surface area contributed by atoms with Crippen LogP contribution in [0.5, 0.6) is 0 Å². The first-order chi connectivity index (χ1) is 11.6. The van der Waals surface area contributed by atoms with Crippen LogP contribution in [0, 0.1) is 11.3 Å². The molecule has 1 aromatic heterocycles. The van der Waals surface area contributed by atoms with Gasteiger partial charge in [0.1, 0.15) is 11.6 Å². The van der Waals surface area contributed by atoms with Crippen molar-refractivity contribution < 1.29 is 9.59 Å². The van der Waals surface area contributed by atoms with Gasteiger partial charge < -0.3 is 16.0 Å². The molecule has 120 valence electrons. The number of aromatic nitrogens is 1. The summed E-state index contributed by atoms with van der Waals surface area (Å²) in [4.78, 5) is 27.0. The molecule has 0 bridgehead atoms. The van der Waals surface area contributed by atoms with E-state index in [1.807, 2.05) is 6.07 Å². The number of pyridine rings is 1. The number of nitriles is 1. The predicted octanol–water partition coefficient (Wildman–Crippen LogP) is 2.50. The summed E-state index contributed by atoms with van der Waals surface area (Å²) in [7, 11) is 0. The minimum Gasteiger partial charge on any atom is -0.359 e. The van der Waals surface area contributed by atoms with Crippen LogP contribution >= 0.6 is 0 Å². The van der Waals surface area contributed by atoms with Crippen LogP contribution in [-0.2, 0) is 9.59 Å². The van der Waals surface area contributed by atoms with Gasteiger partial charge in [-0.15, -0.1) is 0 Å². The number of anilines is 3. The highest BCUT2D eigenvalue weighted by atomic mass is 16.2. The number of rotatable bonds is 5. The Hall–Kier alpha value is -3.66. The van der Waals surface area contributed by atoms with Crippen LogP contribution < -0.4 is 16.0 Å². The van der Waals surface area contributed by atoms with E-state index in [0.717, 1.165) is 0 Å². The third-order valence-electron chi connectivity index (χ3n) is 2.87. The predicted molar refractivity (Wildman–Crippen MR) is 90.9 cm³/mol. The standard InChI is InChI=1S/C17H15N5O2/c1-12(23)21-14-4-6-15(7-5-14)22-17(24)13(9-18)10-20-16-3-2-8-19-11-16/h2-8,10-11,20H,1H3,(H,21,23)(H,22,24)/b13-10-. The van der Waals surface area contributed by atoms with E-state index >= 15 is 0 Å². The first-order valence-electron chi connectivity index (χ1n) is 7.04. The van der Waals surface area contributed by atoms with E-state index in [4.69, 9.17) is 5.26 Å². The summed E-state index contributed by atoms with van der Waals surface area (Å²) in [5.41, 5.74) is 1.72. The number of carbonyl (C=O) groups is 2. The number of carbonyl (C=O) groups excluding carboxylic acids is 2. The number of benzene rings is 1. The Morgan fingerprint density at radius 2 is 1.75 bits per heavy atom. The lowest BCUT2D eigenvalue weighted by atomic mass is 10.2. The number of nitrogens with one attached hydrogen (secondary N) is 3. The second-order valence-corrected chi connectivity index (χ2v) is 4.77. The van der Waals surface area contributed by atoms with Gasteiger partial charge in [0.05, 0.1) is 11.9 Å². The summed E-state index contributed by atoms with van der Waals surface area (Å²) < 4.78 is 0. The van der Waals surface area contributed by atoms with E-state index < -0.39 is 5.91 Å². The van der Waals surface area contributed by atoms with E-state index in [2.05, 4.69) is 20.9 Å². The first-order valence-corrected chi connectivity index (χ1v) is 7.04. The summed E-state index contributed by atoms with van der Waals surface area (Å²) in [6.07, 6.45) is 4.51. The minimum atomic E-state index is -0.541. The number of nitrogens with zero attached hydrogens (tertiary/aromatic N) is 2. The topological polar surface area (TPSA) is 107 Å². The molecule has 3 N–H and O–H groups in total.